The van der Waals surface area contributed by atoms with Gasteiger partial charge in [0.15, 0.2) is 0 Å². The molecule has 2 aromatic rings. The summed E-state index contributed by atoms with van der Waals surface area (Å²) in [7, 11) is 0. The first-order valence-electron chi connectivity index (χ1n) is 8.12. The molecule has 4 nitrogen and oxygen atoms in total. The second kappa shape index (κ2) is 7.70. The number of nitrogens with zero attached hydrogens (tertiary/aromatic N) is 1. The molecule has 1 fully saturated rings. The Bertz CT molecular complexity index is 752. The number of likely N-dealkylation sites (N-methyl/N-ethyl adjacent to an activating group) is 1. The van der Waals surface area contributed by atoms with Crippen LogP contribution in [0.3, 0.4) is 0 Å². The smallest absolute Gasteiger partial charge is 0.247 e. The molecule has 1 aliphatic heterocycles. The fourth-order valence-corrected chi connectivity index (χ4v) is 4.14. The standard InChI is InChI=1S/C19H19FN2O2S/c1-2-21-18(24)17(13-6-4-3-5-7-13)22-16(23)12-25-19(22)14-8-10-15(20)11-9-14/h3-11,17,19H,2,12H2,1H3,(H,21,24)/t17-,19-/m1/s1. The Labute approximate surface area is 150 Å². The number of carbonyl (C=O) groups is 2. The van der Waals surface area contributed by atoms with Gasteiger partial charge in [0.1, 0.15) is 17.2 Å². The molecule has 130 valence electrons. The van der Waals surface area contributed by atoms with Crippen LogP contribution in [-0.2, 0) is 9.59 Å². The monoisotopic (exact) mass is 358 g/mol. The molecule has 2 atom stereocenters. The summed E-state index contributed by atoms with van der Waals surface area (Å²) in [5.74, 6) is -0.339. The van der Waals surface area contributed by atoms with Crippen LogP contribution in [0.25, 0.3) is 0 Å². The van der Waals surface area contributed by atoms with Crippen molar-refractivity contribution in [3.05, 3.63) is 71.5 Å². The van der Waals surface area contributed by atoms with Crippen molar-refractivity contribution in [3.8, 4) is 0 Å². The number of nitrogens with one attached hydrogen (secondary N) is 1. The van der Waals surface area contributed by atoms with Crippen LogP contribution in [0.5, 0.6) is 0 Å². The molecule has 0 unspecified atom stereocenters. The Balaban J connectivity index is 2.01. The molecule has 1 saturated heterocycles. The van der Waals surface area contributed by atoms with Gasteiger partial charge in [-0.05, 0) is 30.2 Å². The van der Waals surface area contributed by atoms with E-state index in [4.69, 9.17) is 0 Å². The maximum atomic E-state index is 13.2. The van der Waals surface area contributed by atoms with Crippen molar-refractivity contribution in [2.45, 2.75) is 18.3 Å². The Morgan fingerprint density at radius 1 is 1.24 bits per heavy atom. The number of benzene rings is 2. The molecule has 1 aliphatic rings. The molecule has 0 radical (unpaired) electrons. The normalized spacial score (nSPS) is 18.2. The number of rotatable bonds is 5. The van der Waals surface area contributed by atoms with Crippen molar-refractivity contribution in [2.75, 3.05) is 12.3 Å². The summed E-state index contributed by atoms with van der Waals surface area (Å²) in [6, 6.07) is 14.6. The molecule has 3 rings (SSSR count). The maximum absolute atomic E-state index is 13.2. The zero-order valence-corrected chi connectivity index (χ0v) is 14.6. The summed E-state index contributed by atoms with van der Waals surface area (Å²) < 4.78 is 13.2. The van der Waals surface area contributed by atoms with E-state index < -0.39 is 6.04 Å². The van der Waals surface area contributed by atoms with Crippen LogP contribution >= 0.6 is 11.8 Å². The summed E-state index contributed by atoms with van der Waals surface area (Å²) in [6.07, 6.45) is 0. The van der Waals surface area contributed by atoms with Crippen molar-refractivity contribution < 1.29 is 14.0 Å². The van der Waals surface area contributed by atoms with Crippen LogP contribution in [0.2, 0.25) is 0 Å². The summed E-state index contributed by atoms with van der Waals surface area (Å²) in [5, 5.41) is 2.50. The van der Waals surface area contributed by atoms with Gasteiger partial charge in [0.2, 0.25) is 11.8 Å². The maximum Gasteiger partial charge on any atom is 0.247 e. The van der Waals surface area contributed by atoms with E-state index in [2.05, 4.69) is 5.32 Å². The third kappa shape index (κ3) is 3.69. The molecule has 25 heavy (non-hydrogen) atoms. The Kier molecular flexibility index (Phi) is 5.38. The van der Waals surface area contributed by atoms with Crippen molar-refractivity contribution in [3.63, 3.8) is 0 Å². The van der Waals surface area contributed by atoms with Gasteiger partial charge in [-0.15, -0.1) is 11.8 Å². The Hall–Kier alpha value is -2.34. The van der Waals surface area contributed by atoms with E-state index in [-0.39, 0.29) is 23.0 Å². The van der Waals surface area contributed by atoms with Crippen molar-refractivity contribution in [2.24, 2.45) is 0 Å². The second-order valence-corrected chi connectivity index (χ2v) is 6.79. The number of halogens is 1. The van der Waals surface area contributed by atoms with E-state index in [0.717, 1.165) is 11.1 Å². The third-order valence-electron chi connectivity index (χ3n) is 4.05. The highest BCUT2D eigenvalue weighted by atomic mass is 32.2. The van der Waals surface area contributed by atoms with Crippen LogP contribution in [0.15, 0.2) is 54.6 Å². The predicted octanol–water partition coefficient (Wildman–Crippen LogP) is 3.28. The molecule has 1 heterocycles. The zero-order chi connectivity index (χ0) is 17.8. The molecule has 2 amide bonds. The first-order chi connectivity index (χ1) is 12.1. The largest absolute Gasteiger partial charge is 0.354 e. The number of hydrogen-bond acceptors (Lipinski definition) is 3. The lowest BCUT2D eigenvalue weighted by Crippen LogP contribution is -2.42. The Morgan fingerprint density at radius 3 is 2.56 bits per heavy atom. The first kappa shape index (κ1) is 17.5. The summed E-state index contributed by atoms with van der Waals surface area (Å²) in [4.78, 5) is 26.9. The minimum atomic E-state index is -0.710. The van der Waals surface area contributed by atoms with Crippen LogP contribution in [-0.4, -0.2) is 29.0 Å². The first-order valence-corrected chi connectivity index (χ1v) is 9.17. The lowest BCUT2D eigenvalue weighted by molar-refractivity contribution is -0.138. The van der Waals surface area contributed by atoms with Gasteiger partial charge in [0.25, 0.3) is 0 Å². The zero-order valence-electron chi connectivity index (χ0n) is 13.8. The second-order valence-electron chi connectivity index (χ2n) is 5.72. The van der Waals surface area contributed by atoms with Crippen LogP contribution in [0, 0.1) is 5.82 Å². The van der Waals surface area contributed by atoms with E-state index in [0.29, 0.717) is 12.3 Å². The quantitative estimate of drug-likeness (QED) is 0.892. The number of thioether (sulfide) groups is 1. The molecular formula is C19H19FN2O2S. The van der Waals surface area contributed by atoms with Crippen molar-refractivity contribution in [1.29, 1.82) is 0 Å². The highest BCUT2D eigenvalue weighted by molar-refractivity contribution is 8.00. The van der Waals surface area contributed by atoms with Crippen LogP contribution in [0.4, 0.5) is 4.39 Å². The average molecular weight is 358 g/mol. The van der Waals surface area contributed by atoms with Crippen LogP contribution in [0.1, 0.15) is 29.5 Å². The van der Waals surface area contributed by atoms with E-state index >= 15 is 0 Å². The average Bonchev–Trinajstić information content (AvgIpc) is 2.99. The molecule has 1 N–H and O–H groups in total. The van der Waals surface area contributed by atoms with E-state index in [9.17, 15) is 14.0 Å². The van der Waals surface area contributed by atoms with Gasteiger partial charge in [-0.2, -0.15) is 0 Å². The third-order valence-corrected chi connectivity index (χ3v) is 5.28. The molecule has 0 bridgehead atoms. The predicted molar refractivity (Wildman–Crippen MR) is 96.3 cm³/mol. The van der Waals surface area contributed by atoms with E-state index in [1.54, 1.807) is 17.0 Å². The van der Waals surface area contributed by atoms with Gasteiger partial charge in [0.05, 0.1) is 5.75 Å². The lowest BCUT2D eigenvalue weighted by atomic mass is 10.0. The summed E-state index contributed by atoms with van der Waals surface area (Å²) in [6.45, 7) is 2.33. The van der Waals surface area contributed by atoms with Gasteiger partial charge >= 0.3 is 0 Å². The molecule has 0 aliphatic carbocycles. The van der Waals surface area contributed by atoms with Gasteiger partial charge in [-0.3, -0.25) is 9.59 Å². The minimum Gasteiger partial charge on any atom is -0.354 e. The van der Waals surface area contributed by atoms with Crippen molar-refractivity contribution in [1.82, 2.24) is 10.2 Å². The van der Waals surface area contributed by atoms with E-state index in [1.165, 1.54) is 23.9 Å². The molecular weight excluding hydrogens is 339 g/mol. The van der Waals surface area contributed by atoms with Crippen molar-refractivity contribution >= 4 is 23.6 Å². The van der Waals surface area contributed by atoms with Gasteiger partial charge < -0.3 is 10.2 Å². The number of carbonyl (C=O) groups excluding carboxylic acids is 2. The van der Waals surface area contributed by atoms with Gasteiger partial charge in [0, 0.05) is 6.54 Å². The highest BCUT2D eigenvalue weighted by Crippen LogP contribution is 2.43. The lowest BCUT2D eigenvalue weighted by Gasteiger charge is -2.32. The summed E-state index contributed by atoms with van der Waals surface area (Å²) >= 11 is 1.45. The van der Waals surface area contributed by atoms with Gasteiger partial charge in [-0.25, -0.2) is 4.39 Å². The fourth-order valence-electron chi connectivity index (χ4n) is 2.94. The summed E-state index contributed by atoms with van der Waals surface area (Å²) in [5.41, 5.74) is 1.57. The highest BCUT2D eigenvalue weighted by Gasteiger charge is 2.41. The van der Waals surface area contributed by atoms with E-state index in [1.807, 2.05) is 37.3 Å². The topological polar surface area (TPSA) is 49.4 Å². The number of amides is 2. The fraction of sp³-hybridized carbons (Fsp3) is 0.263. The Morgan fingerprint density at radius 2 is 1.92 bits per heavy atom. The van der Waals surface area contributed by atoms with Crippen LogP contribution < -0.4 is 5.32 Å². The molecule has 0 aromatic heterocycles. The molecule has 0 spiro atoms. The minimum absolute atomic E-state index is 0.0977. The molecule has 0 saturated carbocycles. The molecule has 6 heteroatoms. The van der Waals surface area contributed by atoms with Gasteiger partial charge in [-0.1, -0.05) is 42.5 Å². The SMILES string of the molecule is CCNC(=O)[C@@H](c1ccccc1)N1C(=O)CS[C@@H]1c1ccc(F)cc1. The molecule has 2 aromatic carbocycles. The number of hydrogen-bond donors (Lipinski definition) is 1.